The van der Waals surface area contributed by atoms with Crippen molar-refractivity contribution in [2.24, 2.45) is 11.8 Å². The summed E-state index contributed by atoms with van der Waals surface area (Å²) in [5.74, 6) is 2.22. The fourth-order valence-corrected chi connectivity index (χ4v) is 3.93. The van der Waals surface area contributed by atoms with Crippen molar-refractivity contribution in [2.75, 3.05) is 0 Å². The zero-order valence-electron chi connectivity index (χ0n) is 13.3. The summed E-state index contributed by atoms with van der Waals surface area (Å²) in [4.78, 5) is 0. The Balaban J connectivity index is 1.81. The Hall–Kier alpha value is -1.28. The molecule has 116 valence electrons. The van der Waals surface area contributed by atoms with Gasteiger partial charge in [0.15, 0.2) is 0 Å². The molecule has 0 saturated heterocycles. The van der Waals surface area contributed by atoms with Gasteiger partial charge < -0.3 is 0 Å². The van der Waals surface area contributed by atoms with Gasteiger partial charge in [0.1, 0.15) is 0 Å². The second-order valence-electron chi connectivity index (χ2n) is 7.22. The summed E-state index contributed by atoms with van der Waals surface area (Å²) >= 11 is 6.20. The molecule has 0 N–H and O–H groups in total. The second kappa shape index (κ2) is 5.42. The van der Waals surface area contributed by atoms with Gasteiger partial charge in [0.25, 0.3) is 0 Å². The largest absolute Gasteiger partial charge is 0.237 e. The van der Waals surface area contributed by atoms with E-state index in [4.69, 9.17) is 16.7 Å². The van der Waals surface area contributed by atoms with Crippen LogP contribution in [0.5, 0.6) is 0 Å². The lowest BCUT2D eigenvalue weighted by atomic mass is 9.80. The van der Waals surface area contributed by atoms with E-state index in [-0.39, 0.29) is 0 Å². The molecule has 1 atom stereocenters. The van der Waals surface area contributed by atoms with Crippen LogP contribution in [0.4, 0.5) is 0 Å². The van der Waals surface area contributed by atoms with Crippen LogP contribution in [-0.2, 0) is 12.8 Å². The molecule has 1 saturated carbocycles. The van der Waals surface area contributed by atoms with E-state index in [1.165, 1.54) is 37.1 Å². The smallest absolute Gasteiger partial charge is 0.0694 e. The molecule has 1 heterocycles. The van der Waals surface area contributed by atoms with Crippen molar-refractivity contribution in [2.45, 2.75) is 51.9 Å². The SMILES string of the molecule is CC(C)C1CCc2c(C3CC3)nn(-c3cccc(Cl)c3)c2C1. The summed E-state index contributed by atoms with van der Waals surface area (Å²) in [5.41, 5.74) is 5.46. The van der Waals surface area contributed by atoms with Crippen LogP contribution in [0.25, 0.3) is 5.69 Å². The van der Waals surface area contributed by atoms with E-state index < -0.39 is 0 Å². The maximum atomic E-state index is 6.20. The Morgan fingerprint density at radius 3 is 2.73 bits per heavy atom. The molecule has 1 unspecified atom stereocenters. The second-order valence-corrected chi connectivity index (χ2v) is 7.66. The Kier molecular flexibility index (Phi) is 3.53. The fraction of sp³-hybridized carbons (Fsp3) is 0.526. The van der Waals surface area contributed by atoms with E-state index >= 15 is 0 Å². The Labute approximate surface area is 137 Å². The molecule has 1 fully saturated rings. The molecule has 2 aliphatic rings. The van der Waals surface area contributed by atoms with Gasteiger partial charge >= 0.3 is 0 Å². The van der Waals surface area contributed by atoms with Crippen LogP contribution in [0.15, 0.2) is 24.3 Å². The first-order valence-electron chi connectivity index (χ1n) is 8.50. The van der Waals surface area contributed by atoms with Crippen molar-refractivity contribution >= 4 is 11.6 Å². The van der Waals surface area contributed by atoms with E-state index in [2.05, 4.69) is 24.6 Å². The quantitative estimate of drug-likeness (QED) is 0.764. The molecular formula is C19H23ClN2. The Bertz CT molecular complexity index is 697. The van der Waals surface area contributed by atoms with Crippen molar-refractivity contribution in [1.29, 1.82) is 0 Å². The number of nitrogens with zero attached hydrogens (tertiary/aromatic N) is 2. The van der Waals surface area contributed by atoms with Crippen LogP contribution in [0, 0.1) is 11.8 Å². The molecule has 2 nitrogen and oxygen atoms in total. The summed E-state index contributed by atoms with van der Waals surface area (Å²) < 4.78 is 2.18. The van der Waals surface area contributed by atoms with Gasteiger partial charge in [-0.3, -0.25) is 0 Å². The standard InChI is InChI=1S/C19H23ClN2/c1-12(2)14-8-9-17-18(10-14)22(21-19(17)13-6-7-13)16-5-3-4-15(20)11-16/h3-5,11-14H,6-10H2,1-2H3. The van der Waals surface area contributed by atoms with Gasteiger partial charge in [-0.2, -0.15) is 5.10 Å². The first kappa shape index (κ1) is 14.3. The third kappa shape index (κ3) is 2.48. The van der Waals surface area contributed by atoms with Gasteiger partial charge in [0, 0.05) is 16.6 Å². The number of hydrogen-bond donors (Lipinski definition) is 0. The van der Waals surface area contributed by atoms with Crippen LogP contribution in [0.2, 0.25) is 5.02 Å². The molecule has 0 spiro atoms. The van der Waals surface area contributed by atoms with E-state index in [9.17, 15) is 0 Å². The lowest BCUT2D eigenvalue weighted by molar-refractivity contribution is 0.337. The highest BCUT2D eigenvalue weighted by Crippen LogP contribution is 2.44. The maximum absolute atomic E-state index is 6.20. The lowest BCUT2D eigenvalue weighted by Gasteiger charge is -2.26. The van der Waals surface area contributed by atoms with Crippen molar-refractivity contribution < 1.29 is 0 Å². The number of aromatic nitrogens is 2. The summed E-state index contributed by atoms with van der Waals surface area (Å²) in [7, 11) is 0. The van der Waals surface area contributed by atoms with Crippen LogP contribution in [-0.4, -0.2) is 9.78 Å². The van der Waals surface area contributed by atoms with Crippen LogP contribution < -0.4 is 0 Å². The average Bonchev–Trinajstić information content (AvgIpc) is 3.27. The zero-order chi connectivity index (χ0) is 15.3. The minimum absolute atomic E-state index is 0.713. The van der Waals surface area contributed by atoms with E-state index in [1.54, 1.807) is 5.56 Å². The zero-order valence-corrected chi connectivity index (χ0v) is 14.1. The topological polar surface area (TPSA) is 17.8 Å². The maximum Gasteiger partial charge on any atom is 0.0694 e. The van der Waals surface area contributed by atoms with Gasteiger partial charge in [0.2, 0.25) is 0 Å². The van der Waals surface area contributed by atoms with Crippen molar-refractivity contribution in [1.82, 2.24) is 9.78 Å². The van der Waals surface area contributed by atoms with Crippen molar-refractivity contribution in [3.63, 3.8) is 0 Å². The number of hydrogen-bond acceptors (Lipinski definition) is 1. The van der Waals surface area contributed by atoms with E-state index in [0.717, 1.165) is 29.0 Å². The normalized spacial score (nSPS) is 21.2. The highest BCUT2D eigenvalue weighted by atomic mass is 35.5. The minimum atomic E-state index is 0.713. The summed E-state index contributed by atoms with van der Waals surface area (Å²) in [6, 6.07) is 8.10. The minimum Gasteiger partial charge on any atom is -0.237 e. The van der Waals surface area contributed by atoms with Gasteiger partial charge in [-0.05, 0) is 67.7 Å². The molecule has 2 aromatic rings. The number of rotatable bonds is 3. The fourth-order valence-electron chi connectivity index (χ4n) is 3.74. The predicted molar refractivity (Wildman–Crippen MR) is 90.9 cm³/mol. The highest BCUT2D eigenvalue weighted by molar-refractivity contribution is 6.30. The van der Waals surface area contributed by atoms with Gasteiger partial charge in [-0.25, -0.2) is 4.68 Å². The number of benzene rings is 1. The third-order valence-corrected chi connectivity index (χ3v) is 5.54. The Morgan fingerprint density at radius 1 is 1.23 bits per heavy atom. The lowest BCUT2D eigenvalue weighted by Crippen LogP contribution is -2.21. The average molecular weight is 315 g/mol. The molecule has 22 heavy (non-hydrogen) atoms. The summed E-state index contributed by atoms with van der Waals surface area (Å²) in [6.45, 7) is 4.69. The van der Waals surface area contributed by atoms with E-state index in [1.807, 2.05) is 18.2 Å². The number of halogens is 1. The first-order chi connectivity index (χ1) is 10.6. The van der Waals surface area contributed by atoms with Crippen molar-refractivity contribution in [3.05, 3.63) is 46.2 Å². The molecule has 1 aromatic heterocycles. The molecule has 3 heteroatoms. The van der Waals surface area contributed by atoms with Gasteiger partial charge in [-0.1, -0.05) is 31.5 Å². The number of fused-ring (bicyclic) bond motifs is 1. The van der Waals surface area contributed by atoms with Gasteiger partial charge in [-0.15, -0.1) is 0 Å². The Morgan fingerprint density at radius 2 is 2.05 bits per heavy atom. The molecule has 2 aliphatic carbocycles. The molecule has 0 aliphatic heterocycles. The predicted octanol–water partition coefficient (Wildman–Crippen LogP) is 5.16. The van der Waals surface area contributed by atoms with Gasteiger partial charge in [0.05, 0.1) is 11.4 Å². The molecule has 1 aromatic carbocycles. The van der Waals surface area contributed by atoms with Crippen LogP contribution >= 0.6 is 11.6 Å². The van der Waals surface area contributed by atoms with Crippen LogP contribution in [0.1, 0.15) is 56.0 Å². The third-order valence-electron chi connectivity index (χ3n) is 5.30. The van der Waals surface area contributed by atoms with E-state index in [0.29, 0.717) is 5.92 Å². The highest BCUT2D eigenvalue weighted by Gasteiger charge is 2.35. The first-order valence-corrected chi connectivity index (χ1v) is 8.88. The molecular weight excluding hydrogens is 292 g/mol. The summed E-state index contributed by atoms with van der Waals surface area (Å²) in [6.07, 6.45) is 6.29. The van der Waals surface area contributed by atoms with Crippen LogP contribution in [0.3, 0.4) is 0 Å². The molecule has 4 rings (SSSR count). The molecule has 0 bridgehead atoms. The summed E-state index contributed by atoms with van der Waals surface area (Å²) in [5, 5.41) is 5.80. The molecule has 0 amide bonds. The monoisotopic (exact) mass is 314 g/mol. The molecule has 0 radical (unpaired) electrons. The van der Waals surface area contributed by atoms with Crippen molar-refractivity contribution in [3.8, 4) is 5.69 Å².